The third kappa shape index (κ3) is 3.10. The highest BCUT2D eigenvalue weighted by molar-refractivity contribution is 5.90. The van der Waals surface area contributed by atoms with Crippen molar-refractivity contribution >= 4 is 22.9 Å². The second-order valence-electron chi connectivity index (χ2n) is 5.86. The molecule has 0 saturated carbocycles. The van der Waals surface area contributed by atoms with Crippen molar-refractivity contribution in [1.82, 2.24) is 15.3 Å². The number of nitrogens with one attached hydrogen (secondary N) is 2. The van der Waals surface area contributed by atoms with Crippen LogP contribution >= 0.6 is 0 Å². The summed E-state index contributed by atoms with van der Waals surface area (Å²) < 4.78 is 5.56. The Morgan fingerprint density at radius 2 is 2.08 bits per heavy atom. The zero-order valence-electron chi connectivity index (χ0n) is 13.9. The van der Waals surface area contributed by atoms with Gasteiger partial charge in [-0.1, -0.05) is 6.07 Å². The first-order chi connectivity index (χ1) is 12.2. The van der Waals surface area contributed by atoms with E-state index in [1.807, 2.05) is 37.4 Å². The van der Waals surface area contributed by atoms with Crippen molar-refractivity contribution in [2.45, 2.75) is 13.3 Å². The van der Waals surface area contributed by atoms with Crippen LogP contribution in [0.4, 0.5) is 10.6 Å². The Bertz CT molecular complexity index is 955. The molecule has 1 aliphatic rings. The lowest BCUT2D eigenvalue weighted by Crippen LogP contribution is -2.28. The van der Waals surface area contributed by atoms with Gasteiger partial charge < -0.3 is 10.1 Å². The van der Waals surface area contributed by atoms with E-state index >= 15 is 0 Å². The van der Waals surface area contributed by atoms with Crippen LogP contribution in [0.1, 0.15) is 12.5 Å². The van der Waals surface area contributed by atoms with Gasteiger partial charge in [0.15, 0.2) is 0 Å². The van der Waals surface area contributed by atoms with E-state index in [-0.39, 0.29) is 6.03 Å². The van der Waals surface area contributed by atoms with E-state index in [0.29, 0.717) is 12.4 Å². The van der Waals surface area contributed by atoms with Crippen LogP contribution in [0.2, 0.25) is 0 Å². The van der Waals surface area contributed by atoms with Gasteiger partial charge in [-0.3, -0.25) is 10.3 Å². The fourth-order valence-electron chi connectivity index (χ4n) is 2.92. The van der Waals surface area contributed by atoms with Gasteiger partial charge in [-0.25, -0.2) is 9.78 Å². The highest BCUT2D eigenvalue weighted by atomic mass is 16.5. The summed E-state index contributed by atoms with van der Waals surface area (Å²) in [4.78, 5) is 20.6. The largest absolute Gasteiger partial charge is 0.493 e. The number of aromatic nitrogens is 2. The molecule has 6 nitrogen and oxygen atoms in total. The maximum atomic E-state index is 11.7. The fourth-order valence-corrected chi connectivity index (χ4v) is 2.92. The normalized spacial score (nSPS) is 12.5. The molecule has 0 saturated heterocycles. The second-order valence-corrected chi connectivity index (χ2v) is 5.86. The standard InChI is InChI=1S/C19H18N4O2/c1-2-20-19(24)23-18-6-4-15-16(22-18)10-14(11-21-15)12-3-5-17-13(9-12)7-8-25-17/h3-6,9-11H,2,7-8H2,1H3,(H2,20,22,23,24). The van der Waals surface area contributed by atoms with Gasteiger partial charge in [0.1, 0.15) is 11.6 Å². The van der Waals surface area contributed by atoms with E-state index in [2.05, 4.69) is 26.7 Å². The monoisotopic (exact) mass is 334 g/mol. The number of ether oxygens (including phenoxy) is 1. The molecule has 0 aliphatic carbocycles. The molecule has 1 aliphatic heterocycles. The first-order valence-electron chi connectivity index (χ1n) is 8.30. The van der Waals surface area contributed by atoms with Crippen molar-refractivity contribution < 1.29 is 9.53 Å². The van der Waals surface area contributed by atoms with E-state index in [9.17, 15) is 4.79 Å². The number of hydrogen-bond acceptors (Lipinski definition) is 4. The van der Waals surface area contributed by atoms with Crippen LogP contribution in [-0.4, -0.2) is 29.2 Å². The maximum absolute atomic E-state index is 11.7. The Balaban J connectivity index is 1.67. The maximum Gasteiger partial charge on any atom is 0.320 e. The Labute approximate surface area is 145 Å². The van der Waals surface area contributed by atoms with Gasteiger partial charge in [0.25, 0.3) is 0 Å². The van der Waals surface area contributed by atoms with Crippen LogP contribution in [0.15, 0.2) is 42.6 Å². The van der Waals surface area contributed by atoms with E-state index < -0.39 is 0 Å². The highest BCUT2D eigenvalue weighted by Crippen LogP contribution is 2.31. The molecule has 0 atom stereocenters. The predicted octanol–water partition coefficient (Wildman–Crippen LogP) is 3.37. The quantitative estimate of drug-likeness (QED) is 0.770. The molecule has 0 bridgehead atoms. The molecule has 126 valence electrons. The van der Waals surface area contributed by atoms with Crippen LogP contribution in [0.25, 0.3) is 22.2 Å². The van der Waals surface area contributed by atoms with Gasteiger partial charge in [0.05, 0.1) is 17.6 Å². The molecule has 2 aromatic heterocycles. The summed E-state index contributed by atoms with van der Waals surface area (Å²) in [5, 5.41) is 5.41. The number of amides is 2. The first-order valence-corrected chi connectivity index (χ1v) is 8.30. The number of nitrogens with zero attached hydrogens (tertiary/aromatic N) is 2. The van der Waals surface area contributed by atoms with Crippen molar-refractivity contribution in [2.75, 3.05) is 18.5 Å². The predicted molar refractivity (Wildman–Crippen MR) is 96.9 cm³/mol. The van der Waals surface area contributed by atoms with Gasteiger partial charge in [-0.15, -0.1) is 0 Å². The Morgan fingerprint density at radius 1 is 1.16 bits per heavy atom. The van der Waals surface area contributed by atoms with Gasteiger partial charge in [-0.05, 0) is 48.4 Å². The van der Waals surface area contributed by atoms with Crippen LogP contribution in [0.5, 0.6) is 5.75 Å². The van der Waals surface area contributed by atoms with Crippen LogP contribution in [0, 0.1) is 0 Å². The zero-order valence-corrected chi connectivity index (χ0v) is 13.9. The van der Waals surface area contributed by atoms with Crippen molar-refractivity contribution in [3.63, 3.8) is 0 Å². The molecule has 6 heteroatoms. The molecule has 0 fully saturated rings. The number of carbonyl (C=O) groups is 1. The Hall–Kier alpha value is -3.15. The van der Waals surface area contributed by atoms with Crippen LogP contribution in [-0.2, 0) is 6.42 Å². The molecule has 2 N–H and O–H groups in total. The van der Waals surface area contributed by atoms with Crippen molar-refractivity contribution in [3.8, 4) is 16.9 Å². The number of hydrogen-bond donors (Lipinski definition) is 2. The molecule has 0 radical (unpaired) electrons. The van der Waals surface area contributed by atoms with E-state index in [1.54, 1.807) is 6.07 Å². The lowest BCUT2D eigenvalue weighted by molar-refractivity contribution is 0.252. The minimum Gasteiger partial charge on any atom is -0.493 e. The lowest BCUT2D eigenvalue weighted by Gasteiger charge is -2.08. The van der Waals surface area contributed by atoms with Gasteiger partial charge in [0.2, 0.25) is 0 Å². The molecular formula is C19H18N4O2. The molecular weight excluding hydrogens is 316 g/mol. The number of benzene rings is 1. The number of carbonyl (C=O) groups excluding carboxylic acids is 1. The van der Waals surface area contributed by atoms with Crippen LogP contribution < -0.4 is 15.4 Å². The smallest absolute Gasteiger partial charge is 0.320 e. The summed E-state index contributed by atoms with van der Waals surface area (Å²) >= 11 is 0. The number of urea groups is 1. The fraction of sp³-hybridized carbons (Fsp3) is 0.211. The molecule has 0 spiro atoms. The molecule has 4 rings (SSSR count). The van der Waals surface area contributed by atoms with Crippen LogP contribution in [0.3, 0.4) is 0 Å². The zero-order chi connectivity index (χ0) is 17.2. The third-order valence-electron chi connectivity index (χ3n) is 4.14. The summed E-state index contributed by atoms with van der Waals surface area (Å²) in [6, 6.07) is 11.5. The number of rotatable bonds is 3. The SMILES string of the molecule is CCNC(=O)Nc1ccc2ncc(-c3ccc4c(c3)CCO4)cc2n1. The summed E-state index contributed by atoms with van der Waals surface area (Å²) in [6.07, 6.45) is 2.78. The van der Waals surface area contributed by atoms with E-state index in [4.69, 9.17) is 4.74 Å². The van der Waals surface area contributed by atoms with Gasteiger partial charge in [-0.2, -0.15) is 0 Å². The molecule has 25 heavy (non-hydrogen) atoms. The summed E-state index contributed by atoms with van der Waals surface area (Å²) in [5.41, 5.74) is 4.82. The molecule has 1 aromatic carbocycles. The first kappa shape index (κ1) is 15.4. The van der Waals surface area contributed by atoms with Crippen molar-refractivity contribution in [2.24, 2.45) is 0 Å². The highest BCUT2D eigenvalue weighted by Gasteiger charge is 2.13. The number of fused-ring (bicyclic) bond motifs is 2. The minimum atomic E-state index is -0.267. The summed E-state index contributed by atoms with van der Waals surface area (Å²) in [7, 11) is 0. The molecule has 3 aromatic rings. The average molecular weight is 334 g/mol. The Kier molecular flexibility index (Phi) is 3.93. The third-order valence-corrected chi connectivity index (χ3v) is 4.14. The topological polar surface area (TPSA) is 76.1 Å². The summed E-state index contributed by atoms with van der Waals surface area (Å²) in [5.74, 6) is 1.46. The van der Waals surface area contributed by atoms with E-state index in [1.165, 1.54) is 5.56 Å². The molecule has 3 heterocycles. The average Bonchev–Trinajstić information content (AvgIpc) is 3.09. The van der Waals surface area contributed by atoms with Crippen molar-refractivity contribution in [3.05, 3.63) is 48.2 Å². The lowest BCUT2D eigenvalue weighted by atomic mass is 10.0. The Morgan fingerprint density at radius 3 is 2.96 bits per heavy atom. The number of pyridine rings is 2. The van der Waals surface area contributed by atoms with Gasteiger partial charge in [0, 0.05) is 24.7 Å². The van der Waals surface area contributed by atoms with E-state index in [0.717, 1.165) is 40.9 Å². The van der Waals surface area contributed by atoms with Crippen molar-refractivity contribution in [1.29, 1.82) is 0 Å². The second kappa shape index (κ2) is 6.39. The minimum absolute atomic E-state index is 0.267. The van der Waals surface area contributed by atoms with Gasteiger partial charge >= 0.3 is 6.03 Å². The molecule has 0 unspecified atom stereocenters. The number of anilines is 1. The molecule has 2 amide bonds. The summed E-state index contributed by atoms with van der Waals surface area (Å²) in [6.45, 7) is 3.17.